The highest BCUT2D eigenvalue weighted by atomic mass is 32.1. The third kappa shape index (κ3) is 2.67. The van der Waals surface area contributed by atoms with E-state index in [0.29, 0.717) is 44.4 Å². The van der Waals surface area contributed by atoms with Crippen LogP contribution in [0.1, 0.15) is 28.4 Å². The molecule has 0 fully saturated rings. The summed E-state index contributed by atoms with van der Waals surface area (Å²) in [7, 11) is 0. The Hall–Kier alpha value is -3.42. The number of anilines is 1. The number of nitrogens with one attached hydrogen (secondary N) is 1. The standard InChI is InChI=1S/C23H17NO5S/c1-12(30)24-13-2-6-17-16(10-13)22(27)29-23(17)18-7-3-14(25)5-9-20(18)28-21-11-15(26)4-8-19(21)23/h2-11,14,25-26H,1H3,(H,24,30). The van der Waals surface area contributed by atoms with Gasteiger partial charge in [-0.3, -0.25) is 0 Å². The number of aromatic hydroxyl groups is 1. The van der Waals surface area contributed by atoms with Gasteiger partial charge in [-0.25, -0.2) is 4.79 Å². The van der Waals surface area contributed by atoms with E-state index in [1.54, 1.807) is 43.4 Å². The summed E-state index contributed by atoms with van der Waals surface area (Å²) >= 11 is 5.10. The van der Waals surface area contributed by atoms with Crippen LogP contribution in [-0.2, 0) is 10.3 Å². The predicted molar refractivity (Wildman–Crippen MR) is 115 cm³/mol. The molecular weight excluding hydrogens is 402 g/mol. The molecule has 0 aromatic heterocycles. The summed E-state index contributed by atoms with van der Waals surface area (Å²) in [4.78, 5) is 13.6. The van der Waals surface area contributed by atoms with E-state index in [-0.39, 0.29) is 5.75 Å². The Morgan fingerprint density at radius 2 is 1.90 bits per heavy atom. The highest BCUT2D eigenvalue weighted by Crippen LogP contribution is 2.55. The normalized spacial score (nSPS) is 23.3. The monoisotopic (exact) mass is 419 g/mol. The van der Waals surface area contributed by atoms with Crippen molar-refractivity contribution in [3.8, 4) is 11.5 Å². The van der Waals surface area contributed by atoms with Crippen LogP contribution in [-0.4, -0.2) is 27.3 Å². The van der Waals surface area contributed by atoms with Gasteiger partial charge in [-0.2, -0.15) is 0 Å². The molecule has 1 spiro atoms. The fraction of sp³-hybridized carbons (Fsp3) is 0.130. The second kappa shape index (κ2) is 6.55. The first kappa shape index (κ1) is 18.6. The largest absolute Gasteiger partial charge is 0.508 e. The quantitative estimate of drug-likeness (QED) is 0.480. The number of carbonyl (C=O) groups is 1. The summed E-state index contributed by atoms with van der Waals surface area (Å²) in [6, 6.07) is 10.1. The van der Waals surface area contributed by atoms with Crippen molar-refractivity contribution in [2.75, 3.05) is 5.32 Å². The number of aliphatic hydroxyl groups excluding tert-OH is 1. The smallest absolute Gasteiger partial charge is 0.340 e. The molecule has 0 amide bonds. The van der Waals surface area contributed by atoms with Gasteiger partial charge in [0.05, 0.1) is 16.7 Å². The molecule has 2 aromatic rings. The first-order chi connectivity index (χ1) is 14.4. The van der Waals surface area contributed by atoms with Crippen LogP contribution in [0.15, 0.2) is 72.0 Å². The maximum absolute atomic E-state index is 13.0. The Morgan fingerprint density at radius 1 is 1.13 bits per heavy atom. The summed E-state index contributed by atoms with van der Waals surface area (Å²) in [5.41, 5.74) is 1.66. The lowest BCUT2D eigenvalue weighted by atomic mass is 9.77. The molecule has 2 atom stereocenters. The zero-order valence-corrected chi connectivity index (χ0v) is 16.7. The number of fused-ring (bicyclic) bond motifs is 5. The minimum absolute atomic E-state index is 0.0293. The molecule has 2 aliphatic heterocycles. The lowest BCUT2D eigenvalue weighted by molar-refractivity contribution is 0.0217. The van der Waals surface area contributed by atoms with E-state index in [1.165, 1.54) is 12.1 Å². The van der Waals surface area contributed by atoms with E-state index in [2.05, 4.69) is 5.32 Å². The van der Waals surface area contributed by atoms with Crippen LogP contribution in [0.25, 0.3) is 0 Å². The molecule has 0 radical (unpaired) electrons. The molecule has 30 heavy (non-hydrogen) atoms. The van der Waals surface area contributed by atoms with Gasteiger partial charge in [0.2, 0.25) is 0 Å². The molecule has 7 heteroatoms. The molecule has 2 unspecified atom stereocenters. The van der Waals surface area contributed by atoms with Gasteiger partial charge < -0.3 is 25.0 Å². The Kier molecular flexibility index (Phi) is 4.06. The first-order valence-electron chi connectivity index (χ1n) is 9.34. The number of aliphatic hydroxyl groups is 1. The summed E-state index contributed by atoms with van der Waals surface area (Å²) in [6.45, 7) is 1.76. The topological polar surface area (TPSA) is 88.0 Å². The summed E-state index contributed by atoms with van der Waals surface area (Å²) in [5.74, 6) is 0.353. The molecule has 0 bridgehead atoms. The van der Waals surface area contributed by atoms with E-state index in [1.807, 2.05) is 12.1 Å². The van der Waals surface area contributed by atoms with Crippen LogP contribution in [0.4, 0.5) is 5.69 Å². The Morgan fingerprint density at radius 3 is 2.70 bits per heavy atom. The molecule has 3 aliphatic rings. The Bertz CT molecular complexity index is 1210. The van der Waals surface area contributed by atoms with E-state index < -0.39 is 17.7 Å². The fourth-order valence-corrected chi connectivity index (χ4v) is 4.21. The fourth-order valence-electron chi connectivity index (χ4n) is 4.10. The first-order valence-corrected chi connectivity index (χ1v) is 9.75. The van der Waals surface area contributed by atoms with Crippen molar-refractivity contribution in [2.24, 2.45) is 0 Å². The van der Waals surface area contributed by atoms with Crippen molar-refractivity contribution in [2.45, 2.75) is 18.6 Å². The van der Waals surface area contributed by atoms with Gasteiger partial charge in [-0.1, -0.05) is 30.4 Å². The van der Waals surface area contributed by atoms with Gasteiger partial charge in [-0.05, 0) is 43.3 Å². The van der Waals surface area contributed by atoms with Gasteiger partial charge in [0.25, 0.3) is 0 Å². The minimum atomic E-state index is -1.26. The van der Waals surface area contributed by atoms with Crippen molar-refractivity contribution in [1.29, 1.82) is 0 Å². The number of ether oxygens (including phenoxy) is 2. The molecule has 2 heterocycles. The number of benzene rings is 2. The average molecular weight is 419 g/mol. The van der Waals surface area contributed by atoms with Gasteiger partial charge in [0.1, 0.15) is 17.3 Å². The van der Waals surface area contributed by atoms with Crippen LogP contribution in [0, 0.1) is 0 Å². The SMILES string of the molecule is CC(=S)Nc1ccc2c(c1)C(=O)OC21C2=C(C=CC(O)C=C2)Oc2cc(O)ccc21. The lowest BCUT2D eigenvalue weighted by Gasteiger charge is -2.36. The number of phenols is 1. The second-order valence-corrected chi connectivity index (χ2v) is 7.89. The average Bonchev–Trinajstić information content (AvgIpc) is 2.84. The number of hydrogen-bond donors (Lipinski definition) is 3. The lowest BCUT2D eigenvalue weighted by Crippen LogP contribution is -2.34. The molecule has 0 saturated heterocycles. The molecular formula is C23H17NO5S. The molecule has 5 rings (SSSR count). The minimum Gasteiger partial charge on any atom is -0.508 e. The van der Waals surface area contributed by atoms with Crippen molar-refractivity contribution >= 4 is 28.9 Å². The zero-order chi connectivity index (χ0) is 21.0. The highest BCUT2D eigenvalue weighted by Gasteiger charge is 2.54. The summed E-state index contributed by atoms with van der Waals surface area (Å²) in [6.07, 6.45) is 5.73. The number of esters is 1. The number of hydrogen-bond acceptors (Lipinski definition) is 6. The molecule has 6 nitrogen and oxygen atoms in total. The van der Waals surface area contributed by atoms with Crippen molar-refractivity contribution < 1.29 is 24.5 Å². The van der Waals surface area contributed by atoms with E-state index in [9.17, 15) is 15.0 Å². The van der Waals surface area contributed by atoms with Crippen molar-refractivity contribution in [3.05, 3.63) is 88.7 Å². The van der Waals surface area contributed by atoms with Crippen LogP contribution < -0.4 is 10.1 Å². The maximum atomic E-state index is 13.0. The van der Waals surface area contributed by atoms with Gasteiger partial charge >= 0.3 is 5.97 Å². The van der Waals surface area contributed by atoms with Gasteiger partial charge in [0.15, 0.2) is 5.60 Å². The number of allylic oxidation sites excluding steroid dienone is 1. The van der Waals surface area contributed by atoms with E-state index in [0.717, 1.165) is 0 Å². The van der Waals surface area contributed by atoms with Crippen LogP contribution >= 0.6 is 12.2 Å². The molecule has 3 N–H and O–H groups in total. The molecule has 0 saturated carbocycles. The maximum Gasteiger partial charge on any atom is 0.340 e. The predicted octanol–water partition coefficient (Wildman–Crippen LogP) is 3.70. The third-order valence-electron chi connectivity index (χ3n) is 5.30. The summed E-state index contributed by atoms with van der Waals surface area (Å²) in [5, 5.41) is 23.1. The van der Waals surface area contributed by atoms with Crippen molar-refractivity contribution in [3.63, 3.8) is 0 Å². The third-order valence-corrected chi connectivity index (χ3v) is 5.40. The number of carbonyl (C=O) groups excluding carboxylic acids is 1. The second-order valence-electron chi connectivity index (χ2n) is 7.28. The molecule has 150 valence electrons. The number of thiocarbonyl (C=S) groups is 1. The Labute approximate surface area is 177 Å². The Balaban J connectivity index is 1.79. The van der Waals surface area contributed by atoms with Crippen LogP contribution in [0.3, 0.4) is 0 Å². The van der Waals surface area contributed by atoms with Crippen LogP contribution in [0.2, 0.25) is 0 Å². The van der Waals surface area contributed by atoms with Gasteiger partial charge in [-0.15, -0.1) is 0 Å². The van der Waals surface area contributed by atoms with Gasteiger partial charge in [0, 0.05) is 28.5 Å². The summed E-state index contributed by atoms with van der Waals surface area (Å²) < 4.78 is 12.1. The van der Waals surface area contributed by atoms with E-state index in [4.69, 9.17) is 21.7 Å². The number of phenolic OH excluding ortho intramolecular Hbond substituents is 1. The highest BCUT2D eigenvalue weighted by molar-refractivity contribution is 7.80. The van der Waals surface area contributed by atoms with Crippen molar-refractivity contribution in [1.82, 2.24) is 0 Å². The molecule has 1 aliphatic carbocycles. The van der Waals surface area contributed by atoms with Crippen LogP contribution in [0.5, 0.6) is 11.5 Å². The zero-order valence-electron chi connectivity index (χ0n) is 15.9. The number of rotatable bonds is 1. The van der Waals surface area contributed by atoms with E-state index >= 15 is 0 Å². The molecule has 2 aromatic carbocycles.